The molecule has 2 N–H and O–H groups in total. The number of benzene rings is 1. The van der Waals surface area contributed by atoms with Crippen molar-refractivity contribution in [2.24, 2.45) is 11.7 Å². The number of ketones is 1. The Bertz CT molecular complexity index is 383. The van der Waals surface area contributed by atoms with E-state index in [0.29, 0.717) is 0 Å². The van der Waals surface area contributed by atoms with Gasteiger partial charge in [-0.3, -0.25) is 4.79 Å². The maximum atomic E-state index is 13.4. The van der Waals surface area contributed by atoms with Gasteiger partial charge in [0.05, 0.1) is 16.6 Å². The highest BCUT2D eigenvalue weighted by molar-refractivity contribution is 6.34. The van der Waals surface area contributed by atoms with Gasteiger partial charge in [-0.25, -0.2) is 4.39 Å². The molecule has 1 atom stereocenters. The van der Waals surface area contributed by atoms with Crippen molar-refractivity contribution >= 4 is 17.4 Å². The van der Waals surface area contributed by atoms with Gasteiger partial charge in [-0.2, -0.15) is 0 Å². The van der Waals surface area contributed by atoms with E-state index in [4.69, 9.17) is 17.3 Å². The minimum absolute atomic E-state index is 0.0708. The Kier molecular flexibility index (Phi) is 2.76. The van der Waals surface area contributed by atoms with E-state index in [-0.39, 0.29) is 22.3 Å². The number of Topliss-reactive ketones (excluding diaryl/α,β-unsaturated/α-hetero) is 1. The molecule has 0 aromatic heterocycles. The molecule has 0 radical (unpaired) electrons. The maximum absolute atomic E-state index is 13.4. The second kappa shape index (κ2) is 3.91. The monoisotopic (exact) mass is 227 g/mol. The zero-order valence-electron chi connectivity index (χ0n) is 8.04. The quantitative estimate of drug-likeness (QED) is 0.806. The SMILES string of the molecule is NC(C(=O)c1c(F)cccc1Cl)C1CC1. The summed E-state index contributed by atoms with van der Waals surface area (Å²) in [6.45, 7) is 0. The lowest BCUT2D eigenvalue weighted by Gasteiger charge is -2.10. The molecular weight excluding hydrogens is 217 g/mol. The summed E-state index contributed by atoms with van der Waals surface area (Å²) in [6, 6.07) is 3.58. The lowest BCUT2D eigenvalue weighted by molar-refractivity contribution is 0.0948. The molecule has 1 fully saturated rings. The molecule has 4 heteroatoms. The first-order valence-electron chi connectivity index (χ1n) is 4.85. The fraction of sp³-hybridized carbons (Fsp3) is 0.364. The largest absolute Gasteiger partial charge is 0.321 e. The molecule has 1 aromatic carbocycles. The van der Waals surface area contributed by atoms with E-state index in [0.717, 1.165) is 12.8 Å². The third kappa shape index (κ3) is 2.03. The van der Waals surface area contributed by atoms with Crippen molar-refractivity contribution in [2.75, 3.05) is 0 Å². The molecule has 80 valence electrons. The van der Waals surface area contributed by atoms with Crippen LogP contribution in [0.4, 0.5) is 4.39 Å². The molecule has 0 saturated heterocycles. The number of nitrogens with two attached hydrogens (primary N) is 1. The van der Waals surface area contributed by atoms with E-state index in [1.165, 1.54) is 18.2 Å². The van der Waals surface area contributed by atoms with E-state index in [1.807, 2.05) is 0 Å². The minimum Gasteiger partial charge on any atom is -0.321 e. The summed E-state index contributed by atoms with van der Waals surface area (Å²) in [7, 11) is 0. The molecule has 1 saturated carbocycles. The van der Waals surface area contributed by atoms with Crippen LogP contribution in [-0.4, -0.2) is 11.8 Å². The molecule has 1 aliphatic rings. The summed E-state index contributed by atoms with van der Waals surface area (Å²) < 4.78 is 13.4. The van der Waals surface area contributed by atoms with Gasteiger partial charge in [-0.15, -0.1) is 0 Å². The van der Waals surface area contributed by atoms with Gasteiger partial charge in [-0.1, -0.05) is 17.7 Å². The summed E-state index contributed by atoms with van der Waals surface area (Å²) in [4.78, 5) is 11.8. The first-order chi connectivity index (χ1) is 7.11. The van der Waals surface area contributed by atoms with Crippen molar-refractivity contribution < 1.29 is 9.18 Å². The highest BCUT2D eigenvalue weighted by Crippen LogP contribution is 2.34. The van der Waals surface area contributed by atoms with Crippen molar-refractivity contribution in [1.82, 2.24) is 0 Å². The van der Waals surface area contributed by atoms with Gasteiger partial charge in [-0.05, 0) is 30.9 Å². The molecule has 15 heavy (non-hydrogen) atoms. The van der Waals surface area contributed by atoms with Gasteiger partial charge >= 0.3 is 0 Å². The molecule has 0 amide bonds. The summed E-state index contributed by atoms with van der Waals surface area (Å²) in [5.74, 6) is -0.780. The third-order valence-corrected chi connectivity index (χ3v) is 2.96. The zero-order chi connectivity index (χ0) is 11.0. The normalized spacial score (nSPS) is 17.5. The van der Waals surface area contributed by atoms with Crippen molar-refractivity contribution in [3.8, 4) is 0 Å². The van der Waals surface area contributed by atoms with Gasteiger partial charge in [0.1, 0.15) is 5.82 Å². The van der Waals surface area contributed by atoms with Gasteiger partial charge in [0.2, 0.25) is 0 Å². The van der Waals surface area contributed by atoms with Crippen LogP contribution in [0.5, 0.6) is 0 Å². The van der Waals surface area contributed by atoms with Crippen LogP contribution in [0.1, 0.15) is 23.2 Å². The smallest absolute Gasteiger partial charge is 0.184 e. The van der Waals surface area contributed by atoms with Crippen LogP contribution in [-0.2, 0) is 0 Å². The van der Waals surface area contributed by atoms with Gasteiger partial charge in [0.15, 0.2) is 5.78 Å². The number of hydrogen-bond donors (Lipinski definition) is 1. The number of rotatable bonds is 3. The number of hydrogen-bond acceptors (Lipinski definition) is 2. The highest BCUT2D eigenvalue weighted by Gasteiger charge is 2.35. The summed E-state index contributed by atoms with van der Waals surface area (Å²) >= 11 is 5.78. The maximum Gasteiger partial charge on any atom is 0.184 e. The summed E-state index contributed by atoms with van der Waals surface area (Å²) in [5.41, 5.74) is 5.65. The molecule has 1 unspecified atom stereocenters. The van der Waals surface area contributed by atoms with Crippen LogP contribution in [0.2, 0.25) is 5.02 Å². The van der Waals surface area contributed by atoms with Crippen LogP contribution in [0.15, 0.2) is 18.2 Å². The third-order valence-electron chi connectivity index (χ3n) is 2.64. The van der Waals surface area contributed by atoms with Crippen molar-refractivity contribution in [1.29, 1.82) is 0 Å². The van der Waals surface area contributed by atoms with Crippen LogP contribution in [0, 0.1) is 11.7 Å². The lowest BCUT2D eigenvalue weighted by Crippen LogP contribution is -2.33. The first-order valence-corrected chi connectivity index (χ1v) is 5.23. The molecular formula is C11H11ClFNO. The van der Waals surface area contributed by atoms with Crippen LogP contribution in [0.3, 0.4) is 0 Å². The van der Waals surface area contributed by atoms with E-state index in [1.54, 1.807) is 0 Å². The number of carbonyl (C=O) groups excluding carboxylic acids is 1. The Morgan fingerprint density at radius 2 is 2.20 bits per heavy atom. The Balaban J connectivity index is 2.31. The van der Waals surface area contributed by atoms with Gasteiger partial charge in [0.25, 0.3) is 0 Å². The molecule has 2 nitrogen and oxygen atoms in total. The van der Waals surface area contributed by atoms with Gasteiger partial charge in [0, 0.05) is 0 Å². The van der Waals surface area contributed by atoms with Gasteiger partial charge < -0.3 is 5.73 Å². The fourth-order valence-electron chi connectivity index (χ4n) is 1.57. The predicted molar refractivity (Wildman–Crippen MR) is 56.4 cm³/mol. The molecule has 1 aromatic rings. The average Bonchev–Trinajstić information content (AvgIpc) is 2.99. The molecule has 0 spiro atoms. The van der Waals surface area contributed by atoms with Crippen molar-refractivity contribution in [3.63, 3.8) is 0 Å². The van der Waals surface area contributed by atoms with E-state index in [2.05, 4.69) is 0 Å². The first kappa shape index (κ1) is 10.6. The number of halogens is 2. The van der Waals surface area contributed by atoms with E-state index < -0.39 is 11.9 Å². The standard InChI is InChI=1S/C11H11ClFNO/c12-7-2-1-3-8(13)9(7)11(15)10(14)6-4-5-6/h1-3,6,10H,4-5,14H2. The molecule has 1 aliphatic carbocycles. The van der Waals surface area contributed by atoms with E-state index >= 15 is 0 Å². The Hall–Kier alpha value is -0.930. The summed E-state index contributed by atoms with van der Waals surface area (Å²) in [5, 5.41) is 0.135. The van der Waals surface area contributed by atoms with Crippen LogP contribution < -0.4 is 5.73 Å². The molecule has 2 rings (SSSR count). The summed E-state index contributed by atoms with van der Waals surface area (Å²) in [6.07, 6.45) is 1.89. The average molecular weight is 228 g/mol. The topological polar surface area (TPSA) is 43.1 Å². The van der Waals surface area contributed by atoms with Crippen molar-refractivity contribution in [3.05, 3.63) is 34.6 Å². The molecule has 0 bridgehead atoms. The number of carbonyl (C=O) groups is 1. The van der Waals surface area contributed by atoms with E-state index in [9.17, 15) is 9.18 Å². The highest BCUT2D eigenvalue weighted by atomic mass is 35.5. The predicted octanol–water partition coefficient (Wildman–Crippen LogP) is 2.40. The zero-order valence-corrected chi connectivity index (χ0v) is 8.80. The minimum atomic E-state index is -0.612. The Morgan fingerprint density at radius 3 is 2.73 bits per heavy atom. The second-order valence-corrected chi connectivity index (χ2v) is 4.23. The Morgan fingerprint density at radius 1 is 1.53 bits per heavy atom. The van der Waals surface area contributed by atoms with Crippen LogP contribution >= 0.6 is 11.6 Å². The molecule has 0 aliphatic heterocycles. The Labute approximate surface area is 92.2 Å². The molecule has 0 heterocycles. The van der Waals surface area contributed by atoms with Crippen LogP contribution in [0.25, 0.3) is 0 Å². The fourth-order valence-corrected chi connectivity index (χ4v) is 1.83. The lowest BCUT2D eigenvalue weighted by atomic mass is 10.0. The van der Waals surface area contributed by atoms with Crippen molar-refractivity contribution in [2.45, 2.75) is 18.9 Å². The second-order valence-electron chi connectivity index (χ2n) is 3.82.